The van der Waals surface area contributed by atoms with Crippen molar-refractivity contribution in [2.45, 2.75) is 38.6 Å². The summed E-state index contributed by atoms with van der Waals surface area (Å²) in [6.45, 7) is 3.19. The van der Waals surface area contributed by atoms with Gasteiger partial charge in [-0.25, -0.2) is 0 Å². The summed E-state index contributed by atoms with van der Waals surface area (Å²) in [5.41, 5.74) is 0.926. The molecule has 3 rings (SSSR count). The van der Waals surface area contributed by atoms with Gasteiger partial charge in [0.05, 0.1) is 7.11 Å². The Hall–Kier alpha value is -1.22. The van der Waals surface area contributed by atoms with E-state index < -0.39 is 0 Å². The maximum absolute atomic E-state index is 10.0. The van der Waals surface area contributed by atoms with Crippen molar-refractivity contribution < 1.29 is 9.84 Å². The van der Waals surface area contributed by atoms with Gasteiger partial charge in [0, 0.05) is 11.6 Å². The van der Waals surface area contributed by atoms with Crippen molar-refractivity contribution in [2.75, 3.05) is 13.7 Å². The summed E-state index contributed by atoms with van der Waals surface area (Å²) in [4.78, 5) is 0. The van der Waals surface area contributed by atoms with Crippen molar-refractivity contribution in [1.29, 1.82) is 0 Å². The first-order chi connectivity index (χ1) is 9.69. The average Bonchev–Trinajstić information content (AvgIpc) is 3.32. The van der Waals surface area contributed by atoms with Gasteiger partial charge in [0.15, 0.2) is 0 Å². The number of aromatic hydroxyl groups is 1. The number of ether oxygens (including phenoxy) is 1. The van der Waals surface area contributed by atoms with E-state index in [4.69, 9.17) is 4.74 Å². The van der Waals surface area contributed by atoms with Crippen molar-refractivity contribution in [3.8, 4) is 11.5 Å². The number of benzene rings is 1. The molecular formula is C17H25NO2. The summed E-state index contributed by atoms with van der Waals surface area (Å²) in [6.07, 6.45) is 5.67. The molecule has 0 radical (unpaired) electrons. The highest BCUT2D eigenvalue weighted by atomic mass is 16.5. The molecule has 0 heterocycles. The van der Waals surface area contributed by atoms with Gasteiger partial charge in [-0.3, -0.25) is 0 Å². The van der Waals surface area contributed by atoms with Gasteiger partial charge in [-0.15, -0.1) is 0 Å². The van der Waals surface area contributed by atoms with Crippen molar-refractivity contribution in [1.82, 2.24) is 5.32 Å². The lowest BCUT2D eigenvalue weighted by Crippen LogP contribution is -2.28. The molecule has 0 aromatic heterocycles. The molecule has 2 fully saturated rings. The summed E-state index contributed by atoms with van der Waals surface area (Å²) in [5.74, 6) is 3.92. The van der Waals surface area contributed by atoms with Crippen LogP contribution in [0.1, 0.15) is 44.2 Å². The van der Waals surface area contributed by atoms with Crippen LogP contribution < -0.4 is 10.1 Å². The minimum atomic E-state index is 0.157. The highest BCUT2D eigenvalue weighted by Crippen LogP contribution is 2.49. The summed E-state index contributed by atoms with van der Waals surface area (Å²) >= 11 is 0. The molecule has 0 spiro atoms. The molecule has 1 unspecified atom stereocenters. The second kappa shape index (κ2) is 5.65. The zero-order chi connectivity index (χ0) is 14.1. The molecule has 3 heteroatoms. The van der Waals surface area contributed by atoms with Gasteiger partial charge in [0.1, 0.15) is 11.5 Å². The molecule has 2 aliphatic carbocycles. The smallest absolute Gasteiger partial charge is 0.120 e. The summed E-state index contributed by atoms with van der Waals surface area (Å²) in [6, 6.07) is 5.59. The molecule has 1 atom stereocenters. The third kappa shape index (κ3) is 3.09. The Bertz CT molecular complexity index is 454. The highest BCUT2D eigenvalue weighted by Gasteiger charge is 2.41. The van der Waals surface area contributed by atoms with Crippen molar-refractivity contribution in [3.63, 3.8) is 0 Å². The average molecular weight is 275 g/mol. The van der Waals surface area contributed by atoms with Gasteiger partial charge < -0.3 is 15.2 Å². The first kappa shape index (κ1) is 13.7. The molecule has 0 saturated heterocycles. The van der Waals surface area contributed by atoms with E-state index in [2.05, 4.69) is 12.2 Å². The van der Waals surface area contributed by atoms with E-state index in [-0.39, 0.29) is 6.04 Å². The van der Waals surface area contributed by atoms with Crippen molar-refractivity contribution >= 4 is 0 Å². The van der Waals surface area contributed by atoms with Crippen LogP contribution in [-0.2, 0) is 0 Å². The van der Waals surface area contributed by atoms with Gasteiger partial charge in [0.2, 0.25) is 0 Å². The molecule has 1 aromatic rings. The number of nitrogens with one attached hydrogen (secondary N) is 1. The number of phenolic OH excluding ortho intramolecular Hbond substituents is 1. The monoisotopic (exact) mass is 275 g/mol. The third-order valence-corrected chi connectivity index (χ3v) is 4.82. The van der Waals surface area contributed by atoms with E-state index in [1.54, 1.807) is 19.2 Å². The number of phenols is 1. The minimum Gasteiger partial charge on any atom is -0.508 e. The molecule has 2 saturated carbocycles. The maximum Gasteiger partial charge on any atom is 0.120 e. The Morgan fingerprint density at radius 3 is 2.45 bits per heavy atom. The molecule has 3 nitrogen and oxygen atoms in total. The van der Waals surface area contributed by atoms with E-state index in [0.29, 0.717) is 5.75 Å². The van der Waals surface area contributed by atoms with Crippen LogP contribution in [0.2, 0.25) is 0 Å². The van der Waals surface area contributed by atoms with E-state index >= 15 is 0 Å². The lowest BCUT2D eigenvalue weighted by atomic mass is 9.97. The highest BCUT2D eigenvalue weighted by molar-refractivity contribution is 5.41. The third-order valence-electron chi connectivity index (χ3n) is 4.82. The van der Waals surface area contributed by atoms with Crippen LogP contribution in [0.4, 0.5) is 0 Å². The van der Waals surface area contributed by atoms with Crippen molar-refractivity contribution in [2.24, 2.45) is 17.8 Å². The number of hydrogen-bond donors (Lipinski definition) is 2. The molecule has 0 bridgehead atoms. The Morgan fingerprint density at radius 1 is 1.25 bits per heavy atom. The molecule has 0 aliphatic heterocycles. The zero-order valence-corrected chi connectivity index (χ0v) is 12.4. The fourth-order valence-electron chi connectivity index (χ4n) is 3.20. The Balaban J connectivity index is 1.61. The van der Waals surface area contributed by atoms with Gasteiger partial charge >= 0.3 is 0 Å². The predicted octanol–water partition coefficient (Wildman–Crippen LogP) is 3.49. The van der Waals surface area contributed by atoms with Crippen LogP contribution in [0.3, 0.4) is 0 Å². The summed E-state index contributed by atoms with van der Waals surface area (Å²) in [5, 5.41) is 13.6. The normalized spacial score (nSPS) is 20.1. The molecule has 20 heavy (non-hydrogen) atoms. The number of rotatable bonds is 7. The van der Waals surface area contributed by atoms with Crippen LogP contribution in [-0.4, -0.2) is 18.8 Å². The van der Waals surface area contributed by atoms with Crippen LogP contribution in [0.25, 0.3) is 0 Å². The SMILES string of the molecule is COc1ccc(O)c(C(C)NCC(C2CC2)C2CC2)c1. The summed E-state index contributed by atoms with van der Waals surface area (Å²) < 4.78 is 5.24. The van der Waals surface area contributed by atoms with E-state index in [0.717, 1.165) is 35.6 Å². The van der Waals surface area contributed by atoms with E-state index in [9.17, 15) is 5.11 Å². The summed E-state index contributed by atoms with van der Waals surface area (Å²) in [7, 11) is 1.66. The second-order valence-corrected chi connectivity index (χ2v) is 6.39. The van der Waals surface area contributed by atoms with Crippen LogP contribution in [0, 0.1) is 17.8 Å². The van der Waals surface area contributed by atoms with E-state index in [1.165, 1.54) is 25.7 Å². The van der Waals surface area contributed by atoms with Gasteiger partial charge in [0.25, 0.3) is 0 Å². The number of hydrogen-bond acceptors (Lipinski definition) is 3. The fourth-order valence-corrected chi connectivity index (χ4v) is 3.20. The Kier molecular flexibility index (Phi) is 3.88. The van der Waals surface area contributed by atoms with Crippen LogP contribution >= 0.6 is 0 Å². The van der Waals surface area contributed by atoms with Gasteiger partial charge in [-0.2, -0.15) is 0 Å². The van der Waals surface area contributed by atoms with E-state index in [1.807, 2.05) is 6.07 Å². The molecule has 2 aliphatic rings. The van der Waals surface area contributed by atoms with Crippen LogP contribution in [0.5, 0.6) is 11.5 Å². The quantitative estimate of drug-likeness (QED) is 0.800. The molecular weight excluding hydrogens is 250 g/mol. The lowest BCUT2D eigenvalue weighted by molar-refractivity contribution is 0.357. The standard InChI is InChI=1S/C17H25NO2/c1-11(15-9-14(20-2)7-8-17(15)19)18-10-16(12-3-4-12)13-5-6-13/h7-9,11-13,16,18-19H,3-6,10H2,1-2H3. The Morgan fingerprint density at radius 2 is 1.90 bits per heavy atom. The maximum atomic E-state index is 10.0. The fraction of sp³-hybridized carbons (Fsp3) is 0.647. The molecule has 1 aromatic carbocycles. The second-order valence-electron chi connectivity index (χ2n) is 6.39. The minimum absolute atomic E-state index is 0.157. The molecule has 110 valence electrons. The largest absolute Gasteiger partial charge is 0.508 e. The first-order valence-electron chi connectivity index (χ1n) is 7.79. The molecule has 2 N–H and O–H groups in total. The topological polar surface area (TPSA) is 41.5 Å². The number of methoxy groups -OCH3 is 1. The van der Waals surface area contributed by atoms with Crippen LogP contribution in [0.15, 0.2) is 18.2 Å². The van der Waals surface area contributed by atoms with Gasteiger partial charge in [-0.1, -0.05) is 0 Å². The van der Waals surface area contributed by atoms with Crippen molar-refractivity contribution in [3.05, 3.63) is 23.8 Å². The lowest BCUT2D eigenvalue weighted by Gasteiger charge is -2.21. The zero-order valence-electron chi connectivity index (χ0n) is 12.4. The predicted molar refractivity (Wildman–Crippen MR) is 80.0 cm³/mol. The Labute approximate surface area is 121 Å². The first-order valence-corrected chi connectivity index (χ1v) is 7.79. The molecule has 0 amide bonds. The van der Waals surface area contributed by atoms with Gasteiger partial charge in [-0.05, 0) is 75.1 Å².